The van der Waals surface area contributed by atoms with Gasteiger partial charge in [0.2, 0.25) is 10.0 Å². The van der Waals surface area contributed by atoms with Gasteiger partial charge in [0, 0.05) is 12.6 Å². The second-order valence-corrected chi connectivity index (χ2v) is 5.60. The summed E-state index contributed by atoms with van der Waals surface area (Å²) in [4.78, 5) is 0. The molecule has 0 atom stereocenters. The summed E-state index contributed by atoms with van der Waals surface area (Å²) in [5.41, 5.74) is 0.573. The first-order valence-electron chi connectivity index (χ1n) is 5.72. The molecule has 5 nitrogen and oxygen atoms in total. The Morgan fingerprint density at radius 2 is 1.89 bits per heavy atom. The minimum atomic E-state index is -3.28. The molecule has 0 saturated carbocycles. The molecule has 0 aliphatic carbocycles. The summed E-state index contributed by atoms with van der Waals surface area (Å²) in [5.74, 6) is 1.13. The maximum Gasteiger partial charge on any atom is 0.232 e. The normalized spacial score (nSPS) is 11.1. The molecule has 0 spiro atoms. The fourth-order valence-electron chi connectivity index (χ4n) is 1.70. The first-order valence-corrected chi connectivity index (χ1v) is 7.57. The van der Waals surface area contributed by atoms with E-state index in [9.17, 15) is 8.42 Å². The molecule has 0 aromatic heterocycles. The summed E-state index contributed by atoms with van der Waals surface area (Å²) in [6.07, 6.45) is 1.18. The number of rotatable bonds is 6. The molecular formula is C12H19NO4S. The van der Waals surface area contributed by atoms with Gasteiger partial charge in [0.15, 0.2) is 11.5 Å². The van der Waals surface area contributed by atoms with Crippen molar-refractivity contribution in [1.29, 1.82) is 0 Å². The van der Waals surface area contributed by atoms with Gasteiger partial charge < -0.3 is 9.47 Å². The Morgan fingerprint density at radius 1 is 1.22 bits per heavy atom. The molecular weight excluding hydrogens is 254 g/mol. The highest BCUT2D eigenvalue weighted by Crippen LogP contribution is 2.32. The zero-order chi connectivity index (χ0) is 13.8. The molecule has 0 saturated heterocycles. The molecule has 1 aromatic rings. The van der Waals surface area contributed by atoms with Gasteiger partial charge in [0.1, 0.15) is 0 Å². The molecule has 0 N–H and O–H groups in total. The molecule has 6 heteroatoms. The number of anilines is 1. The molecule has 0 radical (unpaired) electrons. The van der Waals surface area contributed by atoms with Crippen LogP contribution in [0.3, 0.4) is 0 Å². The Bertz CT molecular complexity index is 499. The molecule has 0 fully saturated rings. The first-order chi connectivity index (χ1) is 8.43. The summed E-state index contributed by atoms with van der Waals surface area (Å²) in [5, 5.41) is 0. The molecule has 0 amide bonds. The number of sulfonamides is 1. The lowest BCUT2D eigenvalue weighted by Gasteiger charge is -2.21. The molecule has 0 unspecified atom stereocenters. The monoisotopic (exact) mass is 273 g/mol. The average molecular weight is 273 g/mol. The summed E-state index contributed by atoms with van der Waals surface area (Å²) in [6, 6.07) is 5.08. The van der Waals surface area contributed by atoms with Crippen LogP contribution < -0.4 is 13.8 Å². The van der Waals surface area contributed by atoms with Gasteiger partial charge in [-0.2, -0.15) is 0 Å². The van der Waals surface area contributed by atoms with Crippen molar-refractivity contribution < 1.29 is 17.9 Å². The standard InChI is InChI=1S/C12H19NO4S/c1-5-13(18(4,14)15)10-7-8-11(16-3)12(9-10)17-6-2/h7-9H,5-6H2,1-4H3. The number of ether oxygens (including phenoxy) is 2. The number of benzene rings is 1. The minimum absolute atomic E-state index is 0.372. The molecule has 0 bridgehead atoms. The fraction of sp³-hybridized carbons (Fsp3) is 0.500. The van der Waals surface area contributed by atoms with Crippen LogP contribution in [0.15, 0.2) is 18.2 Å². The molecule has 102 valence electrons. The molecule has 18 heavy (non-hydrogen) atoms. The van der Waals surface area contributed by atoms with Crippen molar-refractivity contribution in [3.05, 3.63) is 18.2 Å². The van der Waals surface area contributed by atoms with Gasteiger partial charge in [-0.15, -0.1) is 0 Å². The van der Waals surface area contributed by atoms with Gasteiger partial charge in [0.05, 0.1) is 25.7 Å². The lowest BCUT2D eigenvalue weighted by atomic mass is 10.2. The highest BCUT2D eigenvalue weighted by molar-refractivity contribution is 7.92. The highest BCUT2D eigenvalue weighted by Gasteiger charge is 2.17. The number of methoxy groups -OCH3 is 1. The number of hydrogen-bond donors (Lipinski definition) is 0. The zero-order valence-corrected chi connectivity index (χ0v) is 12.0. The number of nitrogens with zero attached hydrogens (tertiary/aromatic N) is 1. The van der Waals surface area contributed by atoms with Gasteiger partial charge >= 0.3 is 0 Å². The van der Waals surface area contributed by atoms with Gasteiger partial charge in [-0.1, -0.05) is 0 Å². The minimum Gasteiger partial charge on any atom is -0.493 e. The van der Waals surface area contributed by atoms with E-state index in [0.29, 0.717) is 30.3 Å². The Kier molecular flexibility index (Phi) is 4.84. The summed E-state index contributed by atoms with van der Waals surface area (Å²) >= 11 is 0. The van der Waals surface area contributed by atoms with Crippen molar-refractivity contribution in [2.75, 3.05) is 30.8 Å². The van der Waals surface area contributed by atoms with Crippen LogP contribution in [0.2, 0.25) is 0 Å². The summed E-state index contributed by atoms with van der Waals surface area (Å²) < 4.78 is 35.2. The predicted octanol–water partition coefficient (Wildman–Crippen LogP) is 1.88. The van der Waals surface area contributed by atoms with E-state index in [2.05, 4.69) is 0 Å². The maximum atomic E-state index is 11.6. The van der Waals surface area contributed by atoms with Crippen LogP contribution in [0.25, 0.3) is 0 Å². The third-order valence-electron chi connectivity index (χ3n) is 2.42. The Labute approximate surface area is 108 Å². The van der Waals surface area contributed by atoms with Gasteiger partial charge in [-0.25, -0.2) is 8.42 Å². The second kappa shape index (κ2) is 5.95. The largest absolute Gasteiger partial charge is 0.493 e. The van der Waals surface area contributed by atoms with Crippen LogP contribution in [-0.4, -0.2) is 34.9 Å². The van der Waals surface area contributed by atoms with E-state index in [1.165, 1.54) is 10.6 Å². The Morgan fingerprint density at radius 3 is 2.33 bits per heavy atom. The van der Waals surface area contributed by atoms with Crippen molar-refractivity contribution >= 4 is 15.7 Å². The number of hydrogen-bond acceptors (Lipinski definition) is 4. The molecule has 0 aliphatic heterocycles. The Hall–Kier alpha value is -1.43. The van der Waals surface area contributed by atoms with E-state index in [-0.39, 0.29) is 0 Å². The quantitative estimate of drug-likeness (QED) is 0.794. The van der Waals surface area contributed by atoms with E-state index in [0.717, 1.165) is 0 Å². The third-order valence-corrected chi connectivity index (χ3v) is 3.69. The van der Waals surface area contributed by atoms with Crippen LogP contribution in [0.1, 0.15) is 13.8 Å². The van der Waals surface area contributed by atoms with Crippen LogP contribution in [0.5, 0.6) is 11.5 Å². The molecule has 1 rings (SSSR count). The van der Waals surface area contributed by atoms with E-state index in [1.807, 2.05) is 6.92 Å². The molecule has 0 heterocycles. The van der Waals surface area contributed by atoms with Crippen molar-refractivity contribution in [2.24, 2.45) is 0 Å². The fourth-order valence-corrected chi connectivity index (χ4v) is 2.66. The van der Waals surface area contributed by atoms with Gasteiger partial charge in [-0.05, 0) is 26.0 Å². The van der Waals surface area contributed by atoms with E-state index < -0.39 is 10.0 Å². The third kappa shape index (κ3) is 3.29. The lowest BCUT2D eigenvalue weighted by molar-refractivity contribution is 0.311. The van der Waals surface area contributed by atoms with Crippen LogP contribution in [-0.2, 0) is 10.0 Å². The van der Waals surface area contributed by atoms with Crippen molar-refractivity contribution in [3.63, 3.8) is 0 Å². The second-order valence-electron chi connectivity index (χ2n) is 3.70. The zero-order valence-electron chi connectivity index (χ0n) is 11.1. The van der Waals surface area contributed by atoms with E-state index >= 15 is 0 Å². The maximum absolute atomic E-state index is 11.6. The van der Waals surface area contributed by atoms with Gasteiger partial charge in [0.25, 0.3) is 0 Å². The van der Waals surface area contributed by atoms with Crippen LogP contribution in [0, 0.1) is 0 Å². The summed E-state index contributed by atoms with van der Waals surface area (Å²) in [6.45, 7) is 4.51. The highest BCUT2D eigenvalue weighted by atomic mass is 32.2. The first kappa shape index (κ1) is 14.6. The van der Waals surface area contributed by atoms with Crippen molar-refractivity contribution in [1.82, 2.24) is 0 Å². The van der Waals surface area contributed by atoms with Gasteiger partial charge in [-0.3, -0.25) is 4.31 Å². The topological polar surface area (TPSA) is 55.8 Å². The smallest absolute Gasteiger partial charge is 0.232 e. The van der Waals surface area contributed by atoms with E-state index in [1.54, 1.807) is 32.2 Å². The van der Waals surface area contributed by atoms with Crippen LogP contribution >= 0.6 is 0 Å². The van der Waals surface area contributed by atoms with Crippen molar-refractivity contribution in [2.45, 2.75) is 13.8 Å². The lowest BCUT2D eigenvalue weighted by Crippen LogP contribution is -2.29. The predicted molar refractivity (Wildman–Crippen MR) is 72.0 cm³/mol. The average Bonchev–Trinajstić information content (AvgIpc) is 2.29. The summed E-state index contributed by atoms with van der Waals surface area (Å²) in [7, 11) is -1.74. The van der Waals surface area contributed by atoms with E-state index in [4.69, 9.17) is 9.47 Å². The molecule has 0 aliphatic rings. The van der Waals surface area contributed by atoms with Crippen LogP contribution in [0.4, 0.5) is 5.69 Å². The SMILES string of the molecule is CCOc1cc(N(CC)S(C)(=O)=O)ccc1OC. The molecule has 1 aromatic carbocycles. The Balaban J connectivity index is 3.21. The van der Waals surface area contributed by atoms with Crippen molar-refractivity contribution in [3.8, 4) is 11.5 Å².